The van der Waals surface area contributed by atoms with Gasteiger partial charge >= 0.3 is 6.18 Å². The maximum absolute atomic E-state index is 12.5. The number of pyridine rings is 1. The topological polar surface area (TPSA) is 68.2 Å². The molecule has 1 aromatic carbocycles. The van der Waals surface area contributed by atoms with Crippen molar-refractivity contribution in [3.05, 3.63) is 48.3 Å². The van der Waals surface area contributed by atoms with Crippen LogP contribution in [0, 0.1) is 0 Å². The van der Waals surface area contributed by atoms with Crippen molar-refractivity contribution in [2.24, 2.45) is 5.84 Å². The van der Waals surface area contributed by atoms with Crippen LogP contribution in [0.3, 0.4) is 0 Å². The second kappa shape index (κ2) is 4.77. The third-order valence-corrected chi connectivity index (χ3v) is 2.56. The molecule has 0 bridgehead atoms. The van der Waals surface area contributed by atoms with E-state index in [9.17, 15) is 13.2 Å². The summed E-state index contributed by atoms with van der Waals surface area (Å²) in [4.78, 5) is 3.83. The van der Waals surface area contributed by atoms with Crippen molar-refractivity contribution >= 4 is 17.1 Å². The number of hydrogen-bond acceptors (Lipinski definition) is 4. The zero-order chi connectivity index (χ0) is 14.0. The summed E-state index contributed by atoms with van der Waals surface area (Å²) in [7, 11) is 0. The van der Waals surface area contributed by atoms with Crippen LogP contribution < -0.4 is 16.6 Å². The Morgan fingerprint density at radius 2 is 1.68 bits per heavy atom. The van der Waals surface area contributed by atoms with Gasteiger partial charge in [0.2, 0.25) is 0 Å². The van der Waals surface area contributed by atoms with Crippen LogP contribution in [0.2, 0.25) is 0 Å². The molecular weight excluding hydrogens is 257 g/mol. The van der Waals surface area contributed by atoms with Crippen molar-refractivity contribution in [1.82, 2.24) is 4.98 Å². The number of aromatic nitrogens is 1. The summed E-state index contributed by atoms with van der Waals surface area (Å²) in [5.74, 6) is 5.82. The zero-order valence-electron chi connectivity index (χ0n) is 9.72. The maximum Gasteiger partial charge on any atom is 0.416 e. The number of rotatable bonds is 2. The Balaban J connectivity index is 2.37. The summed E-state index contributed by atoms with van der Waals surface area (Å²) in [6, 6.07) is 6.27. The molecule has 0 aliphatic rings. The van der Waals surface area contributed by atoms with Crippen LogP contribution in [0.5, 0.6) is 0 Å². The minimum absolute atomic E-state index is 0.0471. The number of halogens is 3. The first-order chi connectivity index (χ1) is 8.89. The molecule has 0 amide bonds. The van der Waals surface area contributed by atoms with Gasteiger partial charge < -0.3 is 5.73 Å². The molecule has 1 aromatic heterocycles. The lowest BCUT2D eigenvalue weighted by Crippen LogP contribution is -2.26. The average molecular weight is 268 g/mol. The molecule has 0 aliphatic carbocycles. The largest absolute Gasteiger partial charge is 0.416 e. The van der Waals surface area contributed by atoms with Crippen LogP contribution in [0.25, 0.3) is 0 Å². The molecule has 0 spiro atoms. The minimum Gasteiger partial charge on any atom is -0.397 e. The van der Waals surface area contributed by atoms with Crippen LogP contribution in [0.15, 0.2) is 42.7 Å². The minimum atomic E-state index is -4.43. The van der Waals surface area contributed by atoms with E-state index in [0.29, 0.717) is 11.4 Å². The lowest BCUT2D eigenvalue weighted by Gasteiger charge is -2.21. The molecule has 0 fully saturated rings. The number of benzene rings is 1. The van der Waals surface area contributed by atoms with Crippen molar-refractivity contribution < 1.29 is 13.2 Å². The van der Waals surface area contributed by atoms with Crippen molar-refractivity contribution in [1.29, 1.82) is 0 Å². The Hall–Kier alpha value is -2.28. The summed E-state index contributed by atoms with van der Waals surface area (Å²) >= 11 is 0. The molecular formula is C12H11F3N4. The van der Waals surface area contributed by atoms with Crippen molar-refractivity contribution in [3.63, 3.8) is 0 Å². The van der Waals surface area contributed by atoms with Gasteiger partial charge in [0.25, 0.3) is 0 Å². The molecule has 100 valence electrons. The first-order valence-electron chi connectivity index (χ1n) is 5.31. The van der Waals surface area contributed by atoms with Gasteiger partial charge in [-0.1, -0.05) is 0 Å². The molecule has 7 heteroatoms. The third-order valence-electron chi connectivity index (χ3n) is 2.56. The highest BCUT2D eigenvalue weighted by atomic mass is 19.4. The fourth-order valence-corrected chi connectivity index (χ4v) is 1.59. The molecule has 0 atom stereocenters. The summed E-state index contributed by atoms with van der Waals surface area (Å²) in [6.45, 7) is 0. The van der Waals surface area contributed by atoms with Gasteiger partial charge in [0.05, 0.1) is 22.6 Å². The fourth-order valence-electron chi connectivity index (χ4n) is 1.59. The van der Waals surface area contributed by atoms with Gasteiger partial charge in [0.15, 0.2) is 0 Å². The van der Waals surface area contributed by atoms with Gasteiger partial charge in [-0.3, -0.25) is 9.99 Å². The molecule has 2 aromatic rings. The van der Waals surface area contributed by atoms with Crippen LogP contribution in [-0.4, -0.2) is 4.98 Å². The second-order valence-corrected chi connectivity index (χ2v) is 3.85. The summed E-state index contributed by atoms with van der Waals surface area (Å²) in [5.41, 5.74) is 5.63. The molecule has 0 saturated heterocycles. The number of nitrogen functional groups attached to an aromatic ring is 1. The molecule has 0 radical (unpaired) electrons. The van der Waals surface area contributed by atoms with E-state index in [1.165, 1.54) is 23.5 Å². The third kappa shape index (κ3) is 2.76. The lowest BCUT2D eigenvalue weighted by molar-refractivity contribution is -0.137. The van der Waals surface area contributed by atoms with Crippen LogP contribution >= 0.6 is 0 Å². The Morgan fingerprint density at radius 1 is 1.05 bits per heavy atom. The molecule has 19 heavy (non-hydrogen) atoms. The second-order valence-electron chi connectivity index (χ2n) is 3.85. The van der Waals surface area contributed by atoms with Crippen LogP contribution in [-0.2, 0) is 6.18 Å². The Bertz CT molecular complexity index is 569. The number of nitrogens with two attached hydrogens (primary N) is 2. The van der Waals surface area contributed by atoms with Crippen LogP contribution in [0.1, 0.15) is 5.56 Å². The molecule has 4 nitrogen and oxygen atoms in total. The quantitative estimate of drug-likeness (QED) is 0.499. The Labute approximate surface area is 107 Å². The zero-order valence-corrected chi connectivity index (χ0v) is 9.72. The van der Waals surface area contributed by atoms with Crippen molar-refractivity contribution in [2.75, 3.05) is 10.7 Å². The van der Waals surface area contributed by atoms with Gasteiger partial charge in [0, 0.05) is 12.4 Å². The molecule has 0 unspecified atom stereocenters. The lowest BCUT2D eigenvalue weighted by atomic mass is 10.1. The Morgan fingerprint density at radius 3 is 2.21 bits per heavy atom. The summed E-state index contributed by atoms with van der Waals surface area (Å²) in [6.07, 6.45) is -1.38. The number of hydrogen-bond donors (Lipinski definition) is 2. The highest BCUT2D eigenvalue weighted by Crippen LogP contribution is 2.34. The number of nitrogens with zero attached hydrogens (tertiary/aromatic N) is 2. The first kappa shape index (κ1) is 13.2. The highest BCUT2D eigenvalue weighted by molar-refractivity contribution is 5.74. The number of alkyl halides is 3. The Kier molecular flexibility index (Phi) is 3.30. The van der Waals surface area contributed by atoms with Crippen LogP contribution in [0.4, 0.5) is 30.2 Å². The van der Waals surface area contributed by atoms with Gasteiger partial charge in [-0.25, -0.2) is 5.84 Å². The van der Waals surface area contributed by atoms with E-state index in [1.54, 1.807) is 12.1 Å². The maximum atomic E-state index is 12.5. The van der Waals surface area contributed by atoms with Crippen molar-refractivity contribution in [2.45, 2.75) is 6.18 Å². The number of anilines is 3. The van der Waals surface area contributed by atoms with E-state index in [2.05, 4.69) is 4.98 Å². The number of hydrazine groups is 1. The van der Waals surface area contributed by atoms with Gasteiger partial charge in [0.1, 0.15) is 0 Å². The van der Waals surface area contributed by atoms with E-state index >= 15 is 0 Å². The predicted octanol–water partition coefficient (Wildman–Crippen LogP) is 2.69. The van der Waals surface area contributed by atoms with Crippen molar-refractivity contribution in [3.8, 4) is 0 Å². The average Bonchev–Trinajstić information content (AvgIpc) is 2.38. The SMILES string of the molecule is Nc1cc(C(F)(F)F)ccc1N(N)c1ccncc1. The van der Waals surface area contributed by atoms with Gasteiger partial charge in [-0.15, -0.1) is 0 Å². The van der Waals surface area contributed by atoms with E-state index in [-0.39, 0.29) is 5.69 Å². The van der Waals surface area contributed by atoms with Gasteiger partial charge in [-0.05, 0) is 30.3 Å². The molecule has 1 heterocycles. The fraction of sp³-hybridized carbons (Fsp3) is 0.0833. The predicted molar refractivity (Wildman–Crippen MR) is 66.4 cm³/mol. The molecule has 0 saturated carbocycles. The van der Waals surface area contributed by atoms with E-state index < -0.39 is 11.7 Å². The monoisotopic (exact) mass is 268 g/mol. The molecule has 0 aliphatic heterocycles. The smallest absolute Gasteiger partial charge is 0.397 e. The van der Waals surface area contributed by atoms with E-state index in [4.69, 9.17) is 11.6 Å². The molecule has 2 rings (SSSR count). The first-order valence-corrected chi connectivity index (χ1v) is 5.31. The van der Waals surface area contributed by atoms with E-state index in [1.807, 2.05) is 0 Å². The normalized spacial score (nSPS) is 11.4. The summed E-state index contributed by atoms with van der Waals surface area (Å²) in [5, 5.41) is 1.21. The standard InChI is InChI=1S/C12H11F3N4/c13-12(14,15)8-1-2-11(10(16)7-8)19(17)9-3-5-18-6-4-9/h1-7H,16-17H2. The summed E-state index contributed by atoms with van der Waals surface area (Å²) < 4.78 is 37.5. The van der Waals surface area contributed by atoms with E-state index in [0.717, 1.165) is 12.1 Å². The molecule has 4 N–H and O–H groups in total. The highest BCUT2D eigenvalue weighted by Gasteiger charge is 2.31. The van der Waals surface area contributed by atoms with Gasteiger partial charge in [-0.2, -0.15) is 13.2 Å².